The minimum atomic E-state index is -2.82. The number of rotatable bonds is 3. The van der Waals surface area contributed by atoms with Crippen LogP contribution in [-0.2, 0) is 11.3 Å². The number of aromatic nitrogens is 3. The molecule has 0 spiro atoms. The Balaban J connectivity index is 1.64. The molecule has 0 bridgehead atoms. The fourth-order valence-corrected chi connectivity index (χ4v) is 2.20. The first kappa shape index (κ1) is 12.9. The topological polar surface area (TPSA) is 71.3 Å². The van der Waals surface area contributed by atoms with E-state index < -0.39 is 30.8 Å². The molecule has 1 aliphatic heterocycles. The molecule has 2 aromatic rings. The van der Waals surface area contributed by atoms with Gasteiger partial charge in [-0.25, -0.2) is 8.78 Å². The molecule has 1 atom stereocenters. The Morgan fingerprint density at radius 1 is 1.50 bits per heavy atom. The van der Waals surface area contributed by atoms with Crippen molar-refractivity contribution in [2.45, 2.75) is 24.9 Å². The molecule has 1 unspecified atom stereocenters. The molecule has 0 aliphatic carbocycles. The van der Waals surface area contributed by atoms with Crippen LogP contribution in [0.5, 0.6) is 0 Å². The molecule has 1 aliphatic rings. The molecular formula is C12H13F2N5O. The van der Waals surface area contributed by atoms with E-state index in [9.17, 15) is 13.6 Å². The molecular weight excluding hydrogens is 268 g/mol. The molecule has 8 heteroatoms. The zero-order valence-electron chi connectivity index (χ0n) is 10.5. The van der Waals surface area contributed by atoms with Gasteiger partial charge in [-0.1, -0.05) is 6.07 Å². The molecule has 2 N–H and O–H groups in total. The van der Waals surface area contributed by atoms with Gasteiger partial charge in [-0.2, -0.15) is 0 Å². The molecule has 2 aromatic heterocycles. The second kappa shape index (κ2) is 4.78. The Kier molecular flexibility index (Phi) is 3.09. The fraction of sp³-hybridized carbons (Fsp3) is 0.417. The van der Waals surface area contributed by atoms with E-state index in [0.717, 1.165) is 0 Å². The third kappa shape index (κ3) is 2.46. The zero-order chi connectivity index (χ0) is 14.2. The number of amides is 1. The second-order valence-electron chi connectivity index (χ2n) is 4.76. The van der Waals surface area contributed by atoms with Gasteiger partial charge < -0.3 is 5.32 Å². The SMILES string of the molecule is O=C(NCc1nnc2ccccn12)C1CC(F)(F)CN1. The van der Waals surface area contributed by atoms with Crippen LogP contribution in [0.15, 0.2) is 24.4 Å². The predicted molar refractivity (Wildman–Crippen MR) is 66.2 cm³/mol. The van der Waals surface area contributed by atoms with Gasteiger partial charge in [0, 0.05) is 12.6 Å². The summed E-state index contributed by atoms with van der Waals surface area (Å²) in [6.07, 6.45) is 1.30. The van der Waals surface area contributed by atoms with E-state index in [0.29, 0.717) is 11.5 Å². The first-order valence-corrected chi connectivity index (χ1v) is 6.23. The lowest BCUT2D eigenvalue weighted by Crippen LogP contribution is -2.40. The van der Waals surface area contributed by atoms with Crippen LogP contribution in [0.3, 0.4) is 0 Å². The van der Waals surface area contributed by atoms with Crippen molar-refractivity contribution in [3.05, 3.63) is 30.2 Å². The van der Waals surface area contributed by atoms with Gasteiger partial charge in [-0.05, 0) is 12.1 Å². The van der Waals surface area contributed by atoms with E-state index in [2.05, 4.69) is 20.8 Å². The summed E-state index contributed by atoms with van der Waals surface area (Å²) in [7, 11) is 0. The van der Waals surface area contributed by atoms with E-state index in [1.807, 2.05) is 12.1 Å². The summed E-state index contributed by atoms with van der Waals surface area (Å²) in [6, 6.07) is 4.58. The number of carbonyl (C=O) groups excluding carboxylic acids is 1. The van der Waals surface area contributed by atoms with Crippen molar-refractivity contribution in [2.75, 3.05) is 6.54 Å². The van der Waals surface area contributed by atoms with Crippen molar-refractivity contribution in [1.82, 2.24) is 25.2 Å². The smallest absolute Gasteiger partial charge is 0.262 e. The van der Waals surface area contributed by atoms with Crippen LogP contribution in [0.2, 0.25) is 0 Å². The van der Waals surface area contributed by atoms with Crippen LogP contribution in [0.25, 0.3) is 5.65 Å². The highest BCUT2D eigenvalue weighted by molar-refractivity contribution is 5.82. The molecule has 0 saturated carbocycles. The average Bonchev–Trinajstić information content (AvgIpc) is 2.99. The normalized spacial score (nSPS) is 21.2. The van der Waals surface area contributed by atoms with Gasteiger partial charge in [-0.3, -0.25) is 14.5 Å². The largest absolute Gasteiger partial charge is 0.347 e. The number of fused-ring (bicyclic) bond motifs is 1. The Morgan fingerprint density at radius 3 is 3.10 bits per heavy atom. The van der Waals surface area contributed by atoms with Crippen molar-refractivity contribution in [3.63, 3.8) is 0 Å². The summed E-state index contributed by atoms with van der Waals surface area (Å²) in [5, 5.41) is 13.0. The summed E-state index contributed by atoms with van der Waals surface area (Å²) in [4.78, 5) is 11.8. The molecule has 1 saturated heterocycles. The maximum atomic E-state index is 13.0. The average molecular weight is 281 g/mol. The van der Waals surface area contributed by atoms with Gasteiger partial charge in [-0.15, -0.1) is 10.2 Å². The molecule has 0 radical (unpaired) electrons. The summed E-state index contributed by atoms with van der Waals surface area (Å²) in [5.74, 6) is -2.71. The van der Waals surface area contributed by atoms with Gasteiger partial charge in [0.2, 0.25) is 5.91 Å². The molecule has 0 aromatic carbocycles. The molecule has 1 fully saturated rings. The molecule has 6 nitrogen and oxygen atoms in total. The number of nitrogens with one attached hydrogen (secondary N) is 2. The van der Waals surface area contributed by atoms with Gasteiger partial charge in [0.1, 0.15) is 0 Å². The number of hydrogen-bond acceptors (Lipinski definition) is 4. The van der Waals surface area contributed by atoms with Crippen LogP contribution >= 0.6 is 0 Å². The number of alkyl halides is 2. The van der Waals surface area contributed by atoms with Crippen LogP contribution in [0.1, 0.15) is 12.2 Å². The van der Waals surface area contributed by atoms with Crippen molar-refractivity contribution < 1.29 is 13.6 Å². The minimum Gasteiger partial charge on any atom is -0.347 e. The van der Waals surface area contributed by atoms with Crippen molar-refractivity contribution in [1.29, 1.82) is 0 Å². The van der Waals surface area contributed by atoms with Gasteiger partial charge in [0.05, 0.1) is 19.1 Å². The Morgan fingerprint density at radius 2 is 2.35 bits per heavy atom. The monoisotopic (exact) mass is 281 g/mol. The molecule has 106 valence electrons. The standard InChI is InChI=1S/C12H13F2N5O/c13-12(14)5-8(16-7-12)11(20)15-6-10-18-17-9-3-1-2-4-19(9)10/h1-4,8,16H,5-7H2,(H,15,20). The Bertz CT molecular complexity index is 642. The number of carbonyl (C=O) groups is 1. The highest BCUT2D eigenvalue weighted by Gasteiger charge is 2.42. The van der Waals surface area contributed by atoms with Crippen LogP contribution in [-0.4, -0.2) is 39.0 Å². The first-order chi connectivity index (χ1) is 9.55. The maximum absolute atomic E-state index is 13.0. The molecule has 3 heterocycles. The van der Waals surface area contributed by atoms with E-state index in [1.165, 1.54) is 0 Å². The summed E-state index contributed by atoms with van der Waals surface area (Å²) in [6.45, 7) is -0.313. The zero-order valence-corrected chi connectivity index (χ0v) is 10.5. The van der Waals surface area contributed by atoms with E-state index in [4.69, 9.17) is 0 Å². The lowest BCUT2D eigenvalue weighted by Gasteiger charge is -2.10. The summed E-state index contributed by atoms with van der Waals surface area (Å²) < 4.78 is 27.7. The first-order valence-electron chi connectivity index (χ1n) is 6.23. The summed E-state index contributed by atoms with van der Waals surface area (Å²) in [5.41, 5.74) is 0.669. The van der Waals surface area contributed by atoms with E-state index in [-0.39, 0.29) is 6.54 Å². The fourth-order valence-electron chi connectivity index (χ4n) is 2.20. The van der Waals surface area contributed by atoms with Gasteiger partial charge in [0.25, 0.3) is 5.92 Å². The lowest BCUT2D eigenvalue weighted by atomic mass is 10.2. The predicted octanol–water partition coefficient (Wildman–Crippen LogP) is 0.343. The second-order valence-corrected chi connectivity index (χ2v) is 4.76. The van der Waals surface area contributed by atoms with Crippen molar-refractivity contribution in [2.24, 2.45) is 0 Å². The number of nitrogens with zero attached hydrogens (tertiary/aromatic N) is 3. The highest BCUT2D eigenvalue weighted by atomic mass is 19.3. The summed E-state index contributed by atoms with van der Waals surface area (Å²) >= 11 is 0. The molecule has 3 rings (SSSR count). The highest BCUT2D eigenvalue weighted by Crippen LogP contribution is 2.25. The number of halogens is 2. The van der Waals surface area contributed by atoms with Gasteiger partial charge >= 0.3 is 0 Å². The van der Waals surface area contributed by atoms with Crippen molar-refractivity contribution in [3.8, 4) is 0 Å². The third-order valence-electron chi connectivity index (χ3n) is 3.23. The maximum Gasteiger partial charge on any atom is 0.262 e. The van der Waals surface area contributed by atoms with Crippen molar-refractivity contribution >= 4 is 11.6 Å². The van der Waals surface area contributed by atoms with Crippen LogP contribution in [0, 0.1) is 0 Å². The van der Waals surface area contributed by atoms with E-state index >= 15 is 0 Å². The van der Waals surface area contributed by atoms with Crippen LogP contribution < -0.4 is 10.6 Å². The number of pyridine rings is 1. The Labute approximate surface area is 113 Å². The lowest BCUT2D eigenvalue weighted by molar-refractivity contribution is -0.123. The molecule has 1 amide bonds. The minimum absolute atomic E-state index is 0.147. The third-order valence-corrected chi connectivity index (χ3v) is 3.23. The quantitative estimate of drug-likeness (QED) is 0.851. The van der Waals surface area contributed by atoms with E-state index in [1.54, 1.807) is 16.7 Å². The number of hydrogen-bond donors (Lipinski definition) is 2. The molecule has 20 heavy (non-hydrogen) atoms. The Hall–Kier alpha value is -2.09. The van der Waals surface area contributed by atoms with Gasteiger partial charge in [0.15, 0.2) is 11.5 Å². The van der Waals surface area contributed by atoms with Crippen LogP contribution in [0.4, 0.5) is 8.78 Å².